The molecular formula is C16H15BrN2O. The first-order valence-electron chi connectivity index (χ1n) is 6.62. The van der Waals surface area contributed by atoms with Gasteiger partial charge in [0, 0.05) is 28.8 Å². The van der Waals surface area contributed by atoms with Gasteiger partial charge in [-0.1, -0.05) is 28.1 Å². The zero-order valence-corrected chi connectivity index (χ0v) is 12.5. The van der Waals surface area contributed by atoms with Crippen LogP contribution in [0.2, 0.25) is 0 Å². The number of hydrogen-bond donors (Lipinski definition) is 2. The first kappa shape index (κ1) is 13.2. The summed E-state index contributed by atoms with van der Waals surface area (Å²) in [6.45, 7) is 1.49. The summed E-state index contributed by atoms with van der Waals surface area (Å²) < 4.78 is 1.02. The topological polar surface area (TPSA) is 41.1 Å². The quantitative estimate of drug-likeness (QED) is 0.906. The Kier molecular flexibility index (Phi) is 3.74. The average Bonchev–Trinajstić information content (AvgIpc) is 2.92. The Labute approximate surface area is 126 Å². The second-order valence-corrected chi connectivity index (χ2v) is 5.78. The molecule has 102 valence electrons. The summed E-state index contributed by atoms with van der Waals surface area (Å²) in [4.78, 5) is 12.2. The van der Waals surface area contributed by atoms with Crippen molar-refractivity contribution in [3.8, 4) is 0 Å². The maximum Gasteiger partial charge on any atom is 0.251 e. The highest BCUT2D eigenvalue weighted by atomic mass is 79.9. The molecule has 0 saturated heterocycles. The summed E-state index contributed by atoms with van der Waals surface area (Å²) in [6, 6.07) is 13.8. The molecule has 0 fully saturated rings. The van der Waals surface area contributed by atoms with Gasteiger partial charge in [-0.05, 0) is 47.9 Å². The van der Waals surface area contributed by atoms with Gasteiger partial charge in [0.2, 0.25) is 0 Å². The highest BCUT2D eigenvalue weighted by Crippen LogP contribution is 2.23. The molecule has 1 aliphatic heterocycles. The minimum Gasteiger partial charge on any atom is -0.384 e. The molecular weight excluding hydrogens is 316 g/mol. The van der Waals surface area contributed by atoms with Crippen molar-refractivity contribution >= 4 is 27.5 Å². The van der Waals surface area contributed by atoms with E-state index in [0.717, 1.165) is 34.3 Å². The Morgan fingerprint density at radius 2 is 2.15 bits per heavy atom. The molecule has 0 radical (unpaired) electrons. The second kappa shape index (κ2) is 5.67. The van der Waals surface area contributed by atoms with E-state index in [1.54, 1.807) is 0 Å². The molecule has 2 aromatic rings. The molecule has 20 heavy (non-hydrogen) atoms. The fourth-order valence-corrected chi connectivity index (χ4v) is 2.82. The maximum atomic E-state index is 12.2. The third-order valence-corrected chi connectivity index (χ3v) is 3.91. The molecule has 1 amide bonds. The van der Waals surface area contributed by atoms with Gasteiger partial charge in [0.05, 0.1) is 0 Å². The van der Waals surface area contributed by atoms with E-state index in [0.29, 0.717) is 6.54 Å². The number of rotatable bonds is 3. The molecule has 4 heteroatoms. The number of halogens is 1. The van der Waals surface area contributed by atoms with E-state index in [2.05, 4.69) is 26.6 Å². The van der Waals surface area contributed by atoms with Crippen LogP contribution in [0.3, 0.4) is 0 Å². The van der Waals surface area contributed by atoms with Gasteiger partial charge in [-0.3, -0.25) is 4.79 Å². The lowest BCUT2D eigenvalue weighted by molar-refractivity contribution is 0.0951. The molecule has 0 saturated carbocycles. The van der Waals surface area contributed by atoms with Crippen LogP contribution < -0.4 is 10.6 Å². The number of benzene rings is 2. The summed E-state index contributed by atoms with van der Waals surface area (Å²) in [6.07, 6.45) is 0.988. The van der Waals surface area contributed by atoms with E-state index in [1.165, 1.54) is 5.56 Å². The van der Waals surface area contributed by atoms with Gasteiger partial charge in [-0.15, -0.1) is 0 Å². The van der Waals surface area contributed by atoms with Crippen molar-refractivity contribution < 1.29 is 4.79 Å². The summed E-state index contributed by atoms with van der Waals surface area (Å²) in [7, 11) is 0. The number of amides is 1. The molecule has 0 bridgehead atoms. The molecule has 0 aliphatic carbocycles. The number of fused-ring (bicyclic) bond motifs is 1. The summed E-state index contributed by atoms with van der Waals surface area (Å²) >= 11 is 3.43. The minimum absolute atomic E-state index is 0.0281. The molecule has 1 aliphatic rings. The Hall–Kier alpha value is -1.81. The van der Waals surface area contributed by atoms with Crippen LogP contribution in [-0.4, -0.2) is 12.5 Å². The van der Waals surface area contributed by atoms with E-state index in [9.17, 15) is 4.79 Å². The number of carbonyl (C=O) groups is 1. The minimum atomic E-state index is -0.0281. The predicted molar refractivity (Wildman–Crippen MR) is 83.9 cm³/mol. The van der Waals surface area contributed by atoms with Gasteiger partial charge in [-0.25, -0.2) is 0 Å². The first-order valence-corrected chi connectivity index (χ1v) is 7.41. The fourth-order valence-electron chi connectivity index (χ4n) is 2.38. The van der Waals surface area contributed by atoms with E-state index < -0.39 is 0 Å². The van der Waals surface area contributed by atoms with Crippen LogP contribution in [0.25, 0.3) is 0 Å². The molecule has 0 spiro atoms. The number of carbonyl (C=O) groups excluding carboxylic acids is 1. The smallest absolute Gasteiger partial charge is 0.251 e. The van der Waals surface area contributed by atoms with Crippen molar-refractivity contribution in [3.63, 3.8) is 0 Å². The molecule has 0 aromatic heterocycles. The zero-order valence-electron chi connectivity index (χ0n) is 10.9. The summed E-state index contributed by atoms with van der Waals surface area (Å²) in [5, 5.41) is 6.25. The van der Waals surface area contributed by atoms with Crippen molar-refractivity contribution in [1.82, 2.24) is 5.32 Å². The zero-order chi connectivity index (χ0) is 13.9. The molecule has 0 unspecified atom stereocenters. The summed E-state index contributed by atoms with van der Waals surface area (Å²) in [5.41, 5.74) is 4.17. The Morgan fingerprint density at radius 1 is 1.25 bits per heavy atom. The average molecular weight is 331 g/mol. The number of anilines is 1. The van der Waals surface area contributed by atoms with E-state index >= 15 is 0 Å². The van der Waals surface area contributed by atoms with E-state index in [1.807, 2.05) is 42.5 Å². The summed E-state index contributed by atoms with van der Waals surface area (Å²) in [5.74, 6) is -0.0281. The van der Waals surface area contributed by atoms with Crippen molar-refractivity contribution in [3.05, 3.63) is 63.6 Å². The first-order chi connectivity index (χ1) is 9.72. The highest BCUT2D eigenvalue weighted by molar-refractivity contribution is 9.10. The second-order valence-electron chi connectivity index (χ2n) is 4.86. The lowest BCUT2D eigenvalue weighted by atomic mass is 10.1. The van der Waals surface area contributed by atoms with Gasteiger partial charge < -0.3 is 10.6 Å². The standard InChI is InChI=1S/C16H15BrN2O/c17-14-3-1-2-11(8-14)10-19-16(20)13-4-5-15-12(9-13)6-7-18-15/h1-5,8-9,18H,6-7,10H2,(H,19,20). The van der Waals surface area contributed by atoms with Crippen LogP contribution in [0.4, 0.5) is 5.69 Å². The molecule has 2 N–H and O–H groups in total. The van der Waals surface area contributed by atoms with Gasteiger partial charge in [-0.2, -0.15) is 0 Å². The van der Waals surface area contributed by atoms with Gasteiger partial charge >= 0.3 is 0 Å². The lowest BCUT2D eigenvalue weighted by Gasteiger charge is -2.07. The SMILES string of the molecule is O=C(NCc1cccc(Br)c1)c1ccc2c(c1)CCN2. The highest BCUT2D eigenvalue weighted by Gasteiger charge is 2.13. The molecule has 2 aromatic carbocycles. The molecule has 3 nitrogen and oxygen atoms in total. The predicted octanol–water partition coefficient (Wildman–Crippen LogP) is 3.35. The Bertz CT molecular complexity index is 655. The molecule has 0 atom stereocenters. The van der Waals surface area contributed by atoms with Crippen LogP contribution >= 0.6 is 15.9 Å². The van der Waals surface area contributed by atoms with Gasteiger partial charge in [0.1, 0.15) is 0 Å². The van der Waals surface area contributed by atoms with Crippen LogP contribution in [0.15, 0.2) is 46.9 Å². The van der Waals surface area contributed by atoms with Crippen molar-refractivity contribution in [2.24, 2.45) is 0 Å². The van der Waals surface area contributed by atoms with Gasteiger partial charge in [0.15, 0.2) is 0 Å². The monoisotopic (exact) mass is 330 g/mol. The fraction of sp³-hybridized carbons (Fsp3) is 0.188. The Morgan fingerprint density at radius 3 is 3.00 bits per heavy atom. The van der Waals surface area contributed by atoms with Crippen LogP contribution in [0, 0.1) is 0 Å². The van der Waals surface area contributed by atoms with Crippen molar-refractivity contribution in [1.29, 1.82) is 0 Å². The Balaban J connectivity index is 1.67. The third kappa shape index (κ3) is 2.85. The van der Waals surface area contributed by atoms with E-state index in [-0.39, 0.29) is 5.91 Å². The largest absolute Gasteiger partial charge is 0.384 e. The molecule has 1 heterocycles. The van der Waals surface area contributed by atoms with Crippen molar-refractivity contribution in [2.45, 2.75) is 13.0 Å². The van der Waals surface area contributed by atoms with Crippen LogP contribution in [-0.2, 0) is 13.0 Å². The van der Waals surface area contributed by atoms with Crippen LogP contribution in [0.1, 0.15) is 21.5 Å². The number of hydrogen-bond acceptors (Lipinski definition) is 2. The number of nitrogens with one attached hydrogen (secondary N) is 2. The van der Waals surface area contributed by atoms with Crippen LogP contribution in [0.5, 0.6) is 0 Å². The lowest BCUT2D eigenvalue weighted by Crippen LogP contribution is -2.22. The third-order valence-electron chi connectivity index (χ3n) is 3.42. The normalized spacial score (nSPS) is 12.7. The van der Waals surface area contributed by atoms with E-state index in [4.69, 9.17) is 0 Å². The van der Waals surface area contributed by atoms with Gasteiger partial charge in [0.25, 0.3) is 5.91 Å². The van der Waals surface area contributed by atoms with Crippen molar-refractivity contribution in [2.75, 3.05) is 11.9 Å². The maximum absolute atomic E-state index is 12.2. The molecule has 3 rings (SSSR count).